The van der Waals surface area contributed by atoms with Crippen LogP contribution in [0.2, 0.25) is 0 Å². The molecule has 0 unspecified atom stereocenters. The van der Waals surface area contributed by atoms with Crippen LogP contribution in [0, 0.1) is 17.0 Å². The van der Waals surface area contributed by atoms with E-state index in [9.17, 15) is 43.4 Å². The maximum atomic E-state index is 15.0. The zero-order valence-electron chi connectivity index (χ0n) is 32.5. The minimum atomic E-state index is -1.35. The Balaban J connectivity index is 1.64. The SMILES string of the molecule is CC(C)(C)[C@H](c1cc(-c2cc(F)ccc2F)cn1Cc1ccccc1)N(CC[C@H](N)C(=O)NCCNC(=O)CNC(=O)C[C@@H](SC[C@H](N)C(=O)O)C(=O)O)C(=O)CO. The molecular weight excluding hydrogens is 781 g/mol. The highest BCUT2D eigenvalue weighted by Crippen LogP contribution is 2.41. The number of hydrogen-bond acceptors (Lipinski definition) is 10. The summed E-state index contributed by atoms with van der Waals surface area (Å²) in [5.74, 6) is -6.79. The van der Waals surface area contributed by atoms with Crippen molar-refractivity contribution in [2.24, 2.45) is 16.9 Å². The topological polar surface area (TPSA) is 259 Å². The second kappa shape index (κ2) is 22.0. The number of nitrogens with two attached hydrogens (primary N) is 2. The summed E-state index contributed by atoms with van der Waals surface area (Å²) in [6.45, 7) is 4.47. The number of aliphatic hydroxyl groups excluding tert-OH is 1. The summed E-state index contributed by atoms with van der Waals surface area (Å²) in [5.41, 5.74) is 12.8. The first-order valence-corrected chi connectivity index (χ1v) is 19.4. The van der Waals surface area contributed by atoms with E-state index in [1.54, 1.807) is 12.3 Å². The van der Waals surface area contributed by atoms with Crippen molar-refractivity contribution in [3.63, 3.8) is 0 Å². The number of nitrogens with zero attached hydrogens (tertiary/aromatic N) is 2. The molecule has 4 atom stereocenters. The molecule has 1 heterocycles. The number of carboxylic acids is 2. The lowest BCUT2D eigenvalue weighted by Gasteiger charge is -2.41. The Bertz CT molecular complexity index is 1910. The Kier molecular flexibility index (Phi) is 17.8. The van der Waals surface area contributed by atoms with Gasteiger partial charge in [0.15, 0.2) is 0 Å². The van der Waals surface area contributed by atoms with E-state index in [-0.39, 0.29) is 37.4 Å². The van der Waals surface area contributed by atoms with Gasteiger partial charge >= 0.3 is 11.9 Å². The molecule has 2 aromatic carbocycles. The highest BCUT2D eigenvalue weighted by atomic mass is 32.2. The maximum Gasteiger partial charge on any atom is 0.321 e. The summed E-state index contributed by atoms with van der Waals surface area (Å²) >= 11 is 0.690. The van der Waals surface area contributed by atoms with Crippen molar-refractivity contribution in [2.75, 3.05) is 38.5 Å². The van der Waals surface area contributed by atoms with Gasteiger partial charge in [0, 0.05) is 61.4 Å². The standard InChI is InChI=1S/C39H51F2N7O9S/c1-39(2,3)35(30-15-24(26-16-25(40)9-10-27(26)41)20-47(30)19-23-7-5-4-6-8-23)48(34(52)21-49)14-11-28(42)36(53)45-13-12-44-33(51)18-46-32(50)17-31(38(56)57)58-22-29(43)37(54)55/h4-10,15-16,20,28-29,31,35,49H,11-14,17-19,21-22,42-43H2,1-3H3,(H,44,51)(H,45,53)(H,46,50)(H,54,55)(H,56,57)/t28-,29-,31+,35-/m0/s1. The van der Waals surface area contributed by atoms with Gasteiger partial charge in [0.1, 0.15) is 29.5 Å². The van der Waals surface area contributed by atoms with Gasteiger partial charge < -0.3 is 52.2 Å². The molecular formula is C39H51F2N7O9S. The van der Waals surface area contributed by atoms with Gasteiger partial charge in [-0.15, -0.1) is 11.8 Å². The lowest BCUT2D eigenvalue weighted by Crippen LogP contribution is -2.48. The molecule has 1 aromatic heterocycles. The molecule has 3 rings (SSSR count). The van der Waals surface area contributed by atoms with Crippen LogP contribution in [0.5, 0.6) is 0 Å². The average Bonchev–Trinajstić information content (AvgIpc) is 3.57. The van der Waals surface area contributed by atoms with Crippen molar-refractivity contribution >= 4 is 47.3 Å². The fraction of sp³-hybridized carbons (Fsp3) is 0.436. The van der Waals surface area contributed by atoms with E-state index in [0.717, 1.165) is 23.8 Å². The van der Waals surface area contributed by atoms with Gasteiger partial charge in [0.25, 0.3) is 0 Å². The molecule has 0 saturated carbocycles. The van der Waals surface area contributed by atoms with Gasteiger partial charge in [-0.05, 0) is 41.7 Å². The first-order chi connectivity index (χ1) is 27.3. The third kappa shape index (κ3) is 14.2. The molecule has 0 fully saturated rings. The minimum absolute atomic E-state index is 0.0288. The summed E-state index contributed by atoms with van der Waals surface area (Å²) in [6.07, 6.45) is 1.12. The lowest BCUT2D eigenvalue weighted by molar-refractivity contribution is -0.140. The van der Waals surface area contributed by atoms with Crippen LogP contribution >= 0.6 is 11.8 Å². The Morgan fingerprint density at radius 1 is 0.879 bits per heavy atom. The van der Waals surface area contributed by atoms with E-state index < -0.39 is 95.6 Å². The van der Waals surface area contributed by atoms with E-state index in [2.05, 4.69) is 16.0 Å². The molecule has 0 saturated heterocycles. The molecule has 316 valence electrons. The zero-order chi connectivity index (χ0) is 43.2. The number of carbonyl (C=O) groups excluding carboxylic acids is 4. The number of rotatable bonds is 22. The number of carbonyl (C=O) groups is 6. The summed E-state index contributed by atoms with van der Waals surface area (Å²) in [5, 5.41) is 34.3. The Labute approximate surface area is 338 Å². The molecule has 0 bridgehead atoms. The van der Waals surface area contributed by atoms with Gasteiger partial charge in [-0.25, -0.2) is 8.78 Å². The molecule has 16 nitrogen and oxygen atoms in total. The first-order valence-electron chi connectivity index (χ1n) is 18.3. The lowest BCUT2D eigenvalue weighted by atomic mass is 9.82. The first kappa shape index (κ1) is 47.0. The van der Waals surface area contributed by atoms with Gasteiger partial charge in [0.2, 0.25) is 23.6 Å². The van der Waals surface area contributed by atoms with Crippen molar-refractivity contribution in [1.82, 2.24) is 25.4 Å². The number of nitrogens with one attached hydrogen (secondary N) is 3. The second-order valence-electron chi connectivity index (χ2n) is 14.5. The fourth-order valence-electron chi connectivity index (χ4n) is 6.02. The average molecular weight is 832 g/mol. The normalized spacial score (nSPS) is 13.4. The molecule has 4 amide bonds. The summed E-state index contributed by atoms with van der Waals surface area (Å²) in [6, 6.07) is 11.1. The number of halogens is 2. The molecule has 58 heavy (non-hydrogen) atoms. The number of amides is 4. The molecule has 19 heteroatoms. The highest BCUT2D eigenvalue weighted by molar-refractivity contribution is 8.00. The van der Waals surface area contributed by atoms with E-state index in [1.807, 2.05) is 55.7 Å². The van der Waals surface area contributed by atoms with Crippen LogP contribution in [0.1, 0.15) is 50.9 Å². The monoisotopic (exact) mass is 831 g/mol. The third-order valence-corrected chi connectivity index (χ3v) is 10.2. The number of hydrogen-bond donors (Lipinski definition) is 8. The van der Waals surface area contributed by atoms with E-state index in [4.69, 9.17) is 16.6 Å². The fourth-order valence-corrected chi connectivity index (χ4v) is 7.01. The van der Waals surface area contributed by atoms with Crippen LogP contribution in [-0.2, 0) is 35.3 Å². The Morgan fingerprint density at radius 2 is 1.55 bits per heavy atom. The molecule has 3 aromatic rings. The van der Waals surface area contributed by atoms with Crippen molar-refractivity contribution in [1.29, 1.82) is 0 Å². The highest BCUT2D eigenvalue weighted by Gasteiger charge is 2.37. The minimum Gasteiger partial charge on any atom is -0.480 e. The van der Waals surface area contributed by atoms with E-state index in [0.29, 0.717) is 29.6 Å². The molecule has 10 N–H and O–H groups in total. The number of aromatic nitrogens is 1. The zero-order valence-corrected chi connectivity index (χ0v) is 33.3. The van der Waals surface area contributed by atoms with E-state index in [1.165, 1.54) is 4.90 Å². The van der Waals surface area contributed by atoms with Gasteiger partial charge in [-0.3, -0.25) is 28.8 Å². The summed E-state index contributed by atoms with van der Waals surface area (Å²) in [7, 11) is 0. The van der Waals surface area contributed by atoms with Gasteiger partial charge in [-0.2, -0.15) is 0 Å². The molecule has 0 aliphatic carbocycles. The van der Waals surface area contributed by atoms with Crippen molar-refractivity contribution in [2.45, 2.75) is 63.5 Å². The number of aliphatic hydroxyl groups is 1. The molecule has 0 aliphatic rings. The predicted octanol–water partition coefficient (Wildman–Crippen LogP) is 1.44. The van der Waals surface area contributed by atoms with Gasteiger partial charge in [-0.1, -0.05) is 51.1 Å². The summed E-state index contributed by atoms with van der Waals surface area (Å²) in [4.78, 5) is 74.6. The smallest absolute Gasteiger partial charge is 0.321 e. The number of aliphatic carboxylic acids is 2. The number of benzene rings is 2. The van der Waals surface area contributed by atoms with Crippen LogP contribution < -0.4 is 27.4 Å². The van der Waals surface area contributed by atoms with Crippen LogP contribution in [0.3, 0.4) is 0 Å². The van der Waals surface area contributed by atoms with Crippen LogP contribution in [0.15, 0.2) is 60.8 Å². The molecule has 0 radical (unpaired) electrons. The Morgan fingerprint density at radius 3 is 2.17 bits per heavy atom. The second-order valence-corrected chi connectivity index (χ2v) is 15.8. The van der Waals surface area contributed by atoms with Crippen molar-refractivity contribution < 1.29 is 52.9 Å². The van der Waals surface area contributed by atoms with Gasteiger partial charge in [0.05, 0.1) is 18.6 Å². The largest absolute Gasteiger partial charge is 0.480 e. The molecule has 0 spiro atoms. The van der Waals surface area contributed by atoms with Crippen molar-refractivity contribution in [3.8, 4) is 11.1 Å². The summed E-state index contributed by atoms with van der Waals surface area (Å²) < 4.78 is 31.2. The van der Waals surface area contributed by atoms with Crippen LogP contribution in [-0.4, -0.2) is 116 Å². The Hall–Kier alpha value is -5.37. The van der Waals surface area contributed by atoms with Crippen LogP contribution in [0.25, 0.3) is 11.1 Å². The quantitative estimate of drug-likeness (QED) is 0.0670. The van der Waals surface area contributed by atoms with Crippen molar-refractivity contribution in [3.05, 3.63) is 83.7 Å². The number of thioether (sulfide) groups is 1. The van der Waals surface area contributed by atoms with Crippen LogP contribution in [0.4, 0.5) is 8.78 Å². The third-order valence-electron chi connectivity index (χ3n) is 8.88. The van der Waals surface area contributed by atoms with E-state index >= 15 is 4.39 Å². The molecule has 0 aliphatic heterocycles. The maximum absolute atomic E-state index is 15.0. The predicted molar refractivity (Wildman–Crippen MR) is 212 cm³/mol. The number of carboxylic acid groups (broad SMARTS) is 2.